The average molecular weight is 313 g/mol. The van der Waals surface area contributed by atoms with Crippen LogP contribution in [0, 0.1) is 12.7 Å². The van der Waals surface area contributed by atoms with Crippen LogP contribution in [-0.2, 0) is 0 Å². The zero-order chi connectivity index (χ0) is 16.6. The second-order valence-corrected chi connectivity index (χ2v) is 5.16. The van der Waals surface area contributed by atoms with Crippen LogP contribution in [0.15, 0.2) is 40.8 Å². The van der Waals surface area contributed by atoms with E-state index in [9.17, 15) is 9.18 Å². The summed E-state index contributed by atoms with van der Waals surface area (Å²) in [6.07, 6.45) is 0. The van der Waals surface area contributed by atoms with Gasteiger partial charge in [-0.3, -0.25) is 4.79 Å². The molecule has 2 aromatic carbocycles. The number of amides is 1. The van der Waals surface area contributed by atoms with Gasteiger partial charge in [-0.1, -0.05) is 0 Å². The van der Waals surface area contributed by atoms with Gasteiger partial charge in [0.05, 0.1) is 12.7 Å². The predicted octanol–water partition coefficient (Wildman–Crippen LogP) is 3.92. The Morgan fingerprint density at radius 1 is 1.17 bits per heavy atom. The molecule has 1 amide bonds. The molecule has 0 aliphatic carbocycles. The molecule has 0 saturated carbocycles. The third-order valence-corrected chi connectivity index (χ3v) is 3.85. The van der Waals surface area contributed by atoms with Gasteiger partial charge < -0.3 is 14.5 Å². The molecule has 0 saturated heterocycles. The number of hydrogen-bond donors (Lipinski definition) is 1. The third kappa shape index (κ3) is 2.44. The summed E-state index contributed by atoms with van der Waals surface area (Å²) in [4.78, 5) is 12.4. The second kappa shape index (κ2) is 5.76. The number of halogens is 1. The number of carbonyl (C=O) groups excluding carboxylic acids is 1. The van der Waals surface area contributed by atoms with Gasteiger partial charge in [-0.05, 0) is 43.3 Å². The van der Waals surface area contributed by atoms with Crippen LogP contribution in [0.4, 0.5) is 4.39 Å². The summed E-state index contributed by atoms with van der Waals surface area (Å²) >= 11 is 0. The molecule has 4 nitrogen and oxygen atoms in total. The Morgan fingerprint density at radius 2 is 1.87 bits per heavy atom. The van der Waals surface area contributed by atoms with Crippen LogP contribution >= 0.6 is 0 Å². The van der Waals surface area contributed by atoms with Gasteiger partial charge in [0, 0.05) is 23.6 Å². The van der Waals surface area contributed by atoms with Gasteiger partial charge >= 0.3 is 0 Å². The zero-order valence-electron chi connectivity index (χ0n) is 13.1. The lowest BCUT2D eigenvalue weighted by molar-refractivity contribution is 0.0964. The van der Waals surface area contributed by atoms with Gasteiger partial charge in [-0.2, -0.15) is 0 Å². The molecule has 0 spiro atoms. The van der Waals surface area contributed by atoms with Crippen molar-refractivity contribution in [1.29, 1.82) is 0 Å². The first-order valence-electron chi connectivity index (χ1n) is 7.15. The summed E-state index contributed by atoms with van der Waals surface area (Å²) in [6.45, 7) is 1.87. The minimum Gasteiger partial charge on any atom is -0.496 e. The molecule has 5 heteroatoms. The Labute approximate surface area is 132 Å². The monoisotopic (exact) mass is 313 g/mol. The molecule has 0 radical (unpaired) electrons. The molecule has 0 fully saturated rings. The molecule has 0 atom stereocenters. The Hall–Kier alpha value is -2.82. The summed E-state index contributed by atoms with van der Waals surface area (Å²) < 4.78 is 24.4. The van der Waals surface area contributed by atoms with Gasteiger partial charge in [0.2, 0.25) is 0 Å². The summed E-state index contributed by atoms with van der Waals surface area (Å²) in [7, 11) is 3.14. The molecular formula is C18H16FNO3. The van der Waals surface area contributed by atoms with Gasteiger partial charge in [-0.25, -0.2) is 4.39 Å². The van der Waals surface area contributed by atoms with Crippen LogP contribution in [0.25, 0.3) is 22.3 Å². The van der Waals surface area contributed by atoms with E-state index in [2.05, 4.69) is 5.32 Å². The standard InChI is InChI=1S/C18H16FNO3/c1-10-13(22-3)8-9-14-15(10)16(18(21)20-2)17(23-14)11-4-6-12(19)7-5-11/h4-9H,1-3H3,(H,20,21). The van der Waals surface area contributed by atoms with Crippen LogP contribution in [0.1, 0.15) is 15.9 Å². The number of nitrogens with one attached hydrogen (secondary N) is 1. The van der Waals surface area contributed by atoms with Crippen molar-refractivity contribution >= 4 is 16.9 Å². The normalized spacial score (nSPS) is 10.8. The van der Waals surface area contributed by atoms with Crippen molar-refractivity contribution in [1.82, 2.24) is 5.32 Å². The van der Waals surface area contributed by atoms with Crippen molar-refractivity contribution in [2.75, 3.05) is 14.2 Å². The van der Waals surface area contributed by atoms with Gasteiger partial charge in [0.25, 0.3) is 5.91 Å². The number of carbonyl (C=O) groups is 1. The van der Waals surface area contributed by atoms with Crippen molar-refractivity contribution in [2.24, 2.45) is 0 Å². The first kappa shape index (κ1) is 15.1. The summed E-state index contributed by atoms with van der Waals surface area (Å²) in [5, 5.41) is 3.33. The number of furan rings is 1. The maximum atomic E-state index is 13.2. The number of rotatable bonds is 3. The maximum Gasteiger partial charge on any atom is 0.255 e. The van der Waals surface area contributed by atoms with Crippen molar-refractivity contribution in [3.8, 4) is 17.1 Å². The van der Waals surface area contributed by atoms with Crippen LogP contribution < -0.4 is 10.1 Å². The lowest BCUT2D eigenvalue weighted by Crippen LogP contribution is -2.18. The van der Waals surface area contributed by atoms with Crippen LogP contribution in [0.3, 0.4) is 0 Å². The highest BCUT2D eigenvalue weighted by Gasteiger charge is 2.24. The van der Waals surface area contributed by atoms with Crippen molar-refractivity contribution < 1.29 is 18.3 Å². The fraction of sp³-hybridized carbons (Fsp3) is 0.167. The fourth-order valence-corrected chi connectivity index (χ4v) is 2.71. The van der Waals surface area contributed by atoms with E-state index in [-0.39, 0.29) is 11.7 Å². The quantitative estimate of drug-likeness (QED) is 0.797. The molecule has 0 unspecified atom stereocenters. The van der Waals surface area contributed by atoms with E-state index >= 15 is 0 Å². The zero-order valence-corrected chi connectivity index (χ0v) is 13.1. The Morgan fingerprint density at radius 3 is 2.48 bits per heavy atom. The third-order valence-electron chi connectivity index (χ3n) is 3.85. The highest BCUT2D eigenvalue weighted by Crippen LogP contribution is 2.38. The Balaban J connectivity index is 2.35. The maximum absolute atomic E-state index is 13.2. The van der Waals surface area contributed by atoms with Gasteiger partial charge in [-0.15, -0.1) is 0 Å². The van der Waals surface area contributed by atoms with Crippen molar-refractivity contribution in [3.63, 3.8) is 0 Å². The number of hydrogen-bond acceptors (Lipinski definition) is 3. The molecule has 118 valence electrons. The largest absolute Gasteiger partial charge is 0.496 e. The molecule has 0 aliphatic rings. The smallest absolute Gasteiger partial charge is 0.255 e. The van der Waals surface area contributed by atoms with Gasteiger partial charge in [0.1, 0.15) is 22.9 Å². The van der Waals surface area contributed by atoms with E-state index < -0.39 is 0 Å². The highest BCUT2D eigenvalue weighted by atomic mass is 19.1. The Kier molecular flexibility index (Phi) is 3.78. The van der Waals surface area contributed by atoms with E-state index in [1.54, 1.807) is 38.4 Å². The van der Waals surface area contributed by atoms with E-state index in [0.29, 0.717) is 33.6 Å². The number of aryl methyl sites for hydroxylation is 1. The topological polar surface area (TPSA) is 51.5 Å². The van der Waals surface area contributed by atoms with E-state index in [1.165, 1.54) is 12.1 Å². The lowest BCUT2D eigenvalue weighted by Gasteiger charge is -2.06. The van der Waals surface area contributed by atoms with E-state index in [4.69, 9.17) is 9.15 Å². The molecule has 1 heterocycles. The average Bonchev–Trinajstić information content (AvgIpc) is 2.95. The molecule has 1 aromatic heterocycles. The number of ether oxygens (including phenoxy) is 1. The molecule has 1 N–H and O–H groups in total. The number of benzene rings is 2. The van der Waals surface area contributed by atoms with E-state index in [1.807, 2.05) is 6.92 Å². The van der Waals surface area contributed by atoms with Crippen LogP contribution in [0.5, 0.6) is 5.75 Å². The van der Waals surface area contributed by atoms with Crippen LogP contribution in [0.2, 0.25) is 0 Å². The minimum absolute atomic E-state index is 0.264. The van der Waals surface area contributed by atoms with E-state index in [0.717, 1.165) is 5.56 Å². The molecular weight excluding hydrogens is 297 g/mol. The molecule has 3 aromatic rings. The lowest BCUT2D eigenvalue weighted by atomic mass is 10.0. The SMILES string of the molecule is CNC(=O)c1c(-c2ccc(F)cc2)oc2ccc(OC)c(C)c12. The summed E-state index contributed by atoms with van der Waals surface area (Å²) in [5.74, 6) is 0.480. The van der Waals surface area contributed by atoms with Crippen LogP contribution in [-0.4, -0.2) is 20.1 Å². The minimum atomic E-state index is -0.343. The second-order valence-electron chi connectivity index (χ2n) is 5.16. The number of fused-ring (bicyclic) bond motifs is 1. The van der Waals surface area contributed by atoms with Gasteiger partial charge in [0.15, 0.2) is 0 Å². The molecule has 23 heavy (non-hydrogen) atoms. The summed E-state index contributed by atoms with van der Waals surface area (Å²) in [5.41, 5.74) is 2.46. The summed E-state index contributed by atoms with van der Waals surface area (Å²) in [6, 6.07) is 9.41. The molecule has 0 aliphatic heterocycles. The highest BCUT2D eigenvalue weighted by molar-refractivity contribution is 6.12. The van der Waals surface area contributed by atoms with Crippen molar-refractivity contribution in [3.05, 3.63) is 53.3 Å². The first-order chi connectivity index (χ1) is 11.1. The fourth-order valence-electron chi connectivity index (χ4n) is 2.71. The number of methoxy groups -OCH3 is 1. The molecule has 0 bridgehead atoms. The predicted molar refractivity (Wildman–Crippen MR) is 86.3 cm³/mol. The van der Waals surface area contributed by atoms with Crippen molar-refractivity contribution in [2.45, 2.75) is 6.92 Å². The first-order valence-corrected chi connectivity index (χ1v) is 7.15. The Bertz CT molecular complexity index is 881. The molecule has 3 rings (SSSR count).